The minimum atomic E-state index is -4.86. The standard InChI is InChI=1S/C20H24F2NO5P/c1-4-27-29(26,28-5-2)20(21,22)16-12-13(3)11-15-17(16)19(25)23(18(15)24)14-9-7-6-8-10-14/h6-10,12,15-17H,4-5,11H2,1-3H3/t15-,16+,17-/m1/s1. The summed E-state index contributed by atoms with van der Waals surface area (Å²) in [5.41, 5.74) is -3.10. The van der Waals surface area contributed by atoms with Gasteiger partial charge in [0.1, 0.15) is 0 Å². The Hall–Kier alpha value is -1.89. The van der Waals surface area contributed by atoms with Crippen LogP contribution in [0.25, 0.3) is 0 Å². The van der Waals surface area contributed by atoms with Gasteiger partial charge < -0.3 is 9.05 Å². The molecular formula is C20H24F2NO5P. The van der Waals surface area contributed by atoms with E-state index in [9.17, 15) is 14.2 Å². The number of carbonyl (C=O) groups is 2. The van der Waals surface area contributed by atoms with Crippen molar-refractivity contribution in [2.24, 2.45) is 17.8 Å². The Balaban J connectivity index is 2.06. The lowest BCUT2D eigenvalue weighted by Gasteiger charge is -2.36. The average Bonchev–Trinajstić information content (AvgIpc) is 2.92. The Morgan fingerprint density at radius 2 is 1.69 bits per heavy atom. The molecule has 1 aromatic carbocycles. The first-order valence-electron chi connectivity index (χ1n) is 9.55. The van der Waals surface area contributed by atoms with Gasteiger partial charge in [0, 0.05) is 0 Å². The monoisotopic (exact) mass is 427 g/mol. The van der Waals surface area contributed by atoms with Crippen LogP contribution in [0.1, 0.15) is 27.2 Å². The number of anilines is 1. The minimum Gasteiger partial charge on any atom is -0.305 e. The van der Waals surface area contributed by atoms with Crippen molar-refractivity contribution in [3.05, 3.63) is 42.0 Å². The normalized spacial score (nSPS) is 25.2. The van der Waals surface area contributed by atoms with E-state index in [1.165, 1.54) is 19.9 Å². The molecule has 3 rings (SSSR count). The molecule has 1 aliphatic carbocycles. The average molecular weight is 427 g/mol. The van der Waals surface area contributed by atoms with Crippen LogP contribution in [0, 0.1) is 17.8 Å². The van der Waals surface area contributed by atoms with Gasteiger partial charge in [-0.1, -0.05) is 29.8 Å². The summed E-state index contributed by atoms with van der Waals surface area (Å²) in [6, 6.07) is 8.19. The van der Waals surface area contributed by atoms with Gasteiger partial charge in [-0.05, 0) is 39.3 Å². The lowest BCUT2D eigenvalue weighted by Crippen LogP contribution is -2.41. The van der Waals surface area contributed by atoms with Crippen LogP contribution in [0.2, 0.25) is 0 Å². The Labute approximate surface area is 168 Å². The highest BCUT2D eigenvalue weighted by atomic mass is 31.2. The number of allylic oxidation sites excluding steroid dienone is 2. The number of halogens is 2. The number of para-hydroxylation sites is 1. The van der Waals surface area contributed by atoms with E-state index in [1.54, 1.807) is 37.3 Å². The zero-order valence-electron chi connectivity index (χ0n) is 16.5. The lowest BCUT2D eigenvalue weighted by atomic mass is 9.74. The van der Waals surface area contributed by atoms with E-state index in [4.69, 9.17) is 9.05 Å². The van der Waals surface area contributed by atoms with E-state index >= 15 is 8.78 Å². The fourth-order valence-electron chi connectivity index (χ4n) is 4.07. The molecular weight excluding hydrogens is 403 g/mol. The van der Waals surface area contributed by atoms with Gasteiger partial charge >= 0.3 is 13.3 Å². The van der Waals surface area contributed by atoms with Gasteiger partial charge in [0.15, 0.2) is 0 Å². The van der Waals surface area contributed by atoms with E-state index in [0.29, 0.717) is 11.3 Å². The summed E-state index contributed by atoms with van der Waals surface area (Å²) in [5, 5.41) is 0. The quantitative estimate of drug-likeness (QED) is 0.361. The third kappa shape index (κ3) is 3.58. The van der Waals surface area contributed by atoms with Gasteiger partial charge in [0.05, 0.1) is 36.7 Å². The van der Waals surface area contributed by atoms with Gasteiger partial charge in [-0.25, -0.2) is 0 Å². The van der Waals surface area contributed by atoms with Gasteiger partial charge in [0.2, 0.25) is 11.8 Å². The van der Waals surface area contributed by atoms with Gasteiger partial charge in [0.25, 0.3) is 0 Å². The molecule has 0 aromatic heterocycles. The van der Waals surface area contributed by atoms with E-state index in [-0.39, 0.29) is 19.6 Å². The van der Waals surface area contributed by atoms with Gasteiger partial charge in [-0.15, -0.1) is 0 Å². The zero-order valence-corrected chi connectivity index (χ0v) is 17.4. The molecule has 0 unspecified atom stereocenters. The summed E-state index contributed by atoms with van der Waals surface area (Å²) in [6.07, 6.45) is 1.43. The van der Waals surface area contributed by atoms with Crippen molar-refractivity contribution < 1.29 is 32.0 Å². The van der Waals surface area contributed by atoms with Crippen LogP contribution >= 0.6 is 7.60 Å². The summed E-state index contributed by atoms with van der Waals surface area (Å²) in [7, 11) is -4.86. The minimum absolute atomic E-state index is 0.193. The van der Waals surface area contributed by atoms with E-state index in [0.717, 1.165) is 4.90 Å². The molecule has 9 heteroatoms. The Kier molecular flexibility index (Phi) is 6.08. The molecule has 1 saturated heterocycles. The smallest absolute Gasteiger partial charge is 0.305 e. The molecule has 0 saturated carbocycles. The fourth-order valence-corrected chi connectivity index (χ4v) is 5.77. The topological polar surface area (TPSA) is 72.9 Å². The fraction of sp³-hybridized carbons (Fsp3) is 0.500. The van der Waals surface area contributed by atoms with Gasteiger partial charge in [-0.3, -0.25) is 19.1 Å². The molecule has 0 spiro atoms. The molecule has 1 fully saturated rings. The summed E-state index contributed by atoms with van der Waals surface area (Å²) in [6.45, 7) is 4.02. The van der Waals surface area contributed by atoms with Gasteiger partial charge in [-0.2, -0.15) is 8.78 Å². The van der Waals surface area contributed by atoms with E-state index in [1.807, 2.05) is 0 Å². The molecule has 1 heterocycles. The Morgan fingerprint density at radius 1 is 1.10 bits per heavy atom. The number of rotatable bonds is 7. The maximum absolute atomic E-state index is 15.5. The van der Waals surface area contributed by atoms with Crippen molar-refractivity contribution in [1.29, 1.82) is 0 Å². The number of carbonyl (C=O) groups excluding carboxylic acids is 2. The van der Waals surface area contributed by atoms with Crippen molar-refractivity contribution in [3.63, 3.8) is 0 Å². The summed E-state index contributed by atoms with van der Waals surface area (Å²) >= 11 is 0. The molecule has 158 valence electrons. The van der Waals surface area contributed by atoms with Crippen LogP contribution in [-0.2, 0) is 23.2 Å². The number of nitrogens with zero attached hydrogens (tertiary/aromatic N) is 1. The van der Waals surface area contributed by atoms with Crippen LogP contribution in [0.3, 0.4) is 0 Å². The third-order valence-corrected chi connectivity index (χ3v) is 7.47. The zero-order chi connectivity index (χ0) is 21.4. The second-order valence-electron chi connectivity index (χ2n) is 7.14. The molecule has 1 aliphatic heterocycles. The van der Waals surface area contributed by atoms with Crippen molar-refractivity contribution in [3.8, 4) is 0 Å². The summed E-state index contributed by atoms with van der Waals surface area (Å²) < 4.78 is 53.8. The van der Waals surface area contributed by atoms with Crippen LogP contribution < -0.4 is 4.90 Å². The predicted octanol–water partition coefficient (Wildman–Crippen LogP) is 4.62. The predicted molar refractivity (Wildman–Crippen MR) is 104 cm³/mol. The highest BCUT2D eigenvalue weighted by Gasteiger charge is 2.66. The molecule has 0 N–H and O–H groups in total. The molecule has 2 aliphatic rings. The van der Waals surface area contributed by atoms with Crippen molar-refractivity contribution >= 4 is 25.1 Å². The number of imide groups is 1. The van der Waals surface area contributed by atoms with Crippen molar-refractivity contribution in [2.75, 3.05) is 18.1 Å². The molecule has 0 bridgehead atoms. The van der Waals surface area contributed by atoms with E-state index < -0.39 is 42.8 Å². The van der Waals surface area contributed by atoms with E-state index in [2.05, 4.69) is 0 Å². The summed E-state index contributed by atoms with van der Waals surface area (Å²) in [5.74, 6) is -5.30. The molecule has 2 amide bonds. The SMILES string of the molecule is CCOP(=O)(OCC)C(F)(F)[C@H]1C=C(C)C[C@H]2C(=O)N(c3ccccc3)C(=O)[C@H]21. The number of amides is 2. The number of hydrogen-bond acceptors (Lipinski definition) is 5. The first-order valence-corrected chi connectivity index (χ1v) is 11.1. The van der Waals surface area contributed by atoms with Crippen LogP contribution in [0.5, 0.6) is 0 Å². The number of fused-ring (bicyclic) bond motifs is 1. The maximum Gasteiger partial charge on any atom is 0.400 e. The van der Waals surface area contributed by atoms with Crippen LogP contribution in [0.15, 0.2) is 42.0 Å². The number of benzene rings is 1. The maximum atomic E-state index is 15.5. The van der Waals surface area contributed by atoms with Crippen molar-refractivity contribution in [2.45, 2.75) is 32.9 Å². The van der Waals surface area contributed by atoms with Crippen LogP contribution in [-0.4, -0.2) is 30.7 Å². The number of hydrogen-bond donors (Lipinski definition) is 0. The molecule has 0 radical (unpaired) electrons. The summed E-state index contributed by atoms with van der Waals surface area (Å²) in [4.78, 5) is 27.1. The third-order valence-electron chi connectivity index (χ3n) is 5.25. The largest absolute Gasteiger partial charge is 0.400 e. The lowest BCUT2D eigenvalue weighted by molar-refractivity contribution is -0.126. The first-order chi connectivity index (χ1) is 13.7. The Morgan fingerprint density at radius 3 is 2.24 bits per heavy atom. The second-order valence-corrected chi connectivity index (χ2v) is 9.25. The Bertz CT molecular complexity index is 863. The number of alkyl halides is 2. The second kappa shape index (κ2) is 8.09. The molecule has 1 aromatic rings. The van der Waals surface area contributed by atoms with Crippen LogP contribution in [0.4, 0.5) is 14.5 Å². The highest BCUT2D eigenvalue weighted by molar-refractivity contribution is 7.55. The highest BCUT2D eigenvalue weighted by Crippen LogP contribution is 2.67. The van der Waals surface area contributed by atoms with Crippen molar-refractivity contribution in [1.82, 2.24) is 0 Å². The molecule has 29 heavy (non-hydrogen) atoms. The molecule has 3 atom stereocenters. The molecule has 6 nitrogen and oxygen atoms in total. The first kappa shape index (κ1) is 21.8.